The highest BCUT2D eigenvalue weighted by atomic mass is 15.4. The monoisotopic (exact) mass is 255 g/mol. The van der Waals surface area contributed by atoms with E-state index in [1.54, 1.807) is 0 Å². The Bertz CT molecular complexity index is 181. The molecule has 1 rings (SSSR count). The molecule has 0 spiro atoms. The summed E-state index contributed by atoms with van der Waals surface area (Å²) in [5, 5.41) is 6.84. The number of nitrogens with zero attached hydrogens (tertiary/aromatic N) is 1. The van der Waals surface area contributed by atoms with E-state index in [1.165, 1.54) is 12.8 Å². The number of unbranched alkanes of at least 4 members (excludes halogenated alkanes) is 1. The molecule has 0 aromatic rings. The van der Waals surface area contributed by atoms with Gasteiger partial charge in [-0.3, -0.25) is 15.5 Å². The van der Waals surface area contributed by atoms with E-state index in [0.717, 1.165) is 32.5 Å². The second-order valence-corrected chi connectivity index (χ2v) is 4.10. The first kappa shape index (κ1) is 19.8. The third-order valence-electron chi connectivity index (χ3n) is 2.44. The van der Waals surface area contributed by atoms with Gasteiger partial charge in [0.1, 0.15) is 6.29 Å². The van der Waals surface area contributed by atoms with Gasteiger partial charge in [0, 0.05) is 13.0 Å². The summed E-state index contributed by atoms with van der Waals surface area (Å²) >= 11 is 0. The Balaban J connectivity index is 0. The lowest BCUT2D eigenvalue weighted by molar-refractivity contribution is 0.149. The number of hydrogen-bond acceptors (Lipinski definition) is 3. The van der Waals surface area contributed by atoms with E-state index in [1.807, 2.05) is 13.8 Å². The fourth-order valence-electron chi connectivity index (χ4n) is 1.58. The average molecular weight is 255 g/mol. The largest absolute Gasteiger partial charge is 0.289 e. The molecule has 1 aliphatic heterocycles. The van der Waals surface area contributed by atoms with E-state index in [9.17, 15) is 0 Å². The zero-order valence-electron chi connectivity index (χ0n) is 13.1. The number of hydrogen-bond donors (Lipinski definition) is 2. The molecule has 3 nitrogen and oxygen atoms in total. The molecule has 0 bridgehead atoms. The Morgan fingerprint density at radius 3 is 2.06 bits per heavy atom. The van der Waals surface area contributed by atoms with Crippen LogP contribution in [0.15, 0.2) is 0 Å². The van der Waals surface area contributed by atoms with Gasteiger partial charge >= 0.3 is 0 Å². The van der Waals surface area contributed by atoms with Crippen LogP contribution in [0.3, 0.4) is 0 Å². The molecule has 0 saturated carbocycles. The molecule has 0 aliphatic carbocycles. The molecule has 0 amide bonds. The van der Waals surface area contributed by atoms with E-state index < -0.39 is 0 Å². The summed E-state index contributed by atoms with van der Waals surface area (Å²) in [6.07, 6.45) is 9.78. The third-order valence-corrected chi connectivity index (χ3v) is 2.44. The standard InChI is InChI=1S/C8H19N3.C5H8.C2H6/c1-3-7-11(2)8-9-5-4-6-10-8;1-3-5-4-2;1-2/h8-10H,3-7H2,1-2H3;1H,4-5H2,2H3;1-2H3. The van der Waals surface area contributed by atoms with Crippen LogP contribution in [0.2, 0.25) is 0 Å². The highest BCUT2D eigenvalue weighted by molar-refractivity contribution is 4.81. The predicted octanol–water partition coefficient (Wildman–Crippen LogP) is 2.64. The van der Waals surface area contributed by atoms with Crippen LogP contribution in [0.5, 0.6) is 0 Å². The molecule has 108 valence electrons. The van der Waals surface area contributed by atoms with Crippen molar-refractivity contribution in [2.45, 2.75) is 59.7 Å². The van der Waals surface area contributed by atoms with Gasteiger partial charge in [0.15, 0.2) is 0 Å². The Kier molecular flexibility index (Phi) is 18.1. The van der Waals surface area contributed by atoms with Gasteiger partial charge in [-0.05, 0) is 39.4 Å². The summed E-state index contributed by atoms with van der Waals surface area (Å²) in [5.74, 6) is 2.52. The summed E-state index contributed by atoms with van der Waals surface area (Å²) < 4.78 is 0. The minimum Gasteiger partial charge on any atom is -0.289 e. The molecule has 0 atom stereocenters. The predicted molar refractivity (Wildman–Crippen MR) is 82.4 cm³/mol. The summed E-state index contributed by atoms with van der Waals surface area (Å²) in [5.41, 5.74) is 0. The van der Waals surface area contributed by atoms with Crippen LogP contribution in [-0.2, 0) is 0 Å². The van der Waals surface area contributed by atoms with E-state index in [0.29, 0.717) is 6.29 Å². The minimum absolute atomic E-state index is 0.406. The molecular formula is C15H33N3. The molecule has 3 heteroatoms. The van der Waals surface area contributed by atoms with E-state index in [-0.39, 0.29) is 0 Å². The zero-order chi connectivity index (χ0) is 14.2. The highest BCUT2D eigenvalue weighted by Crippen LogP contribution is 1.95. The summed E-state index contributed by atoms with van der Waals surface area (Å²) in [4.78, 5) is 2.32. The van der Waals surface area contributed by atoms with Gasteiger partial charge in [-0.25, -0.2) is 0 Å². The summed E-state index contributed by atoms with van der Waals surface area (Å²) in [6, 6.07) is 0. The van der Waals surface area contributed by atoms with Gasteiger partial charge in [0.05, 0.1) is 0 Å². The van der Waals surface area contributed by atoms with Crippen LogP contribution >= 0.6 is 0 Å². The maximum absolute atomic E-state index is 4.89. The number of rotatable bonds is 4. The molecule has 1 saturated heterocycles. The average Bonchev–Trinajstić information content (AvgIpc) is 2.44. The lowest BCUT2D eigenvalue weighted by atomic mass is 10.3. The number of terminal acetylenes is 1. The van der Waals surface area contributed by atoms with E-state index >= 15 is 0 Å². The Labute approximate surface area is 115 Å². The first-order chi connectivity index (χ1) is 8.76. The van der Waals surface area contributed by atoms with E-state index in [4.69, 9.17) is 6.42 Å². The van der Waals surface area contributed by atoms with Crippen molar-refractivity contribution in [1.29, 1.82) is 0 Å². The minimum atomic E-state index is 0.406. The van der Waals surface area contributed by atoms with Crippen LogP contribution in [-0.4, -0.2) is 37.9 Å². The van der Waals surface area contributed by atoms with Crippen molar-refractivity contribution in [2.75, 3.05) is 26.7 Å². The summed E-state index contributed by atoms with van der Waals surface area (Å²) in [6.45, 7) is 11.7. The van der Waals surface area contributed by atoms with Crippen molar-refractivity contribution in [3.8, 4) is 12.3 Å². The molecule has 0 aromatic carbocycles. The summed E-state index contributed by atoms with van der Waals surface area (Å²) in [7, 11) is 2.15. The molecule has 0 unspecified atom stereocenters. The Morgan fingerprint density at radius 1 is 1.17 bits per heavy atom. The first-order valence-electron chi connectivity index (χ1n) is 7.36. The quantitative estimate of drug-likeness (QED) is 0.756. The van der Waals surface area contributed by atoms with Gasteiger partial charge in [-0.15, -0.1) is 12.3 Å². The maximum atomic E-state index is 4.89. The van der Waals surface area contributed by atoms with Crippen LogP contribution in [0, 0.1) is 12.3 Å². The Morgan fingerprint density at radius 2 is 1.72 bits per heavy atom. The number of nitrogens with one attached hydrogen (secondary N) is 2. The van der Waals surface area contributed by atoms with Crippen LogP contribution in [0.1, 0.15) is 53.4 Å². The second-order valence-electron chi connectivity index (χ2n) is 4.10. The van der Waals surface area contributed by atoms with Gasteiger partial charge in [0.2, 0.25) is 0 Å². The smallest absolute Gasteiger partial charge is 0.114 e. The molecule has 2 N–H and O–H groups in total. The molecule has 1 heterocycles. The maximum Gasteiger partial charge on any atom is 0.114 e. The molecule has 0 radical (unpaired) electrons. The van der Waals surface area contributed by atoms with Crippen molar-refractivity contribution in [3.05, 3.63) is 0 Å². The first-order valence-corrected chi connectivity index (χ1v) is 7.36. The zero-order valence-corrected chi connectivity index (χ0v) is 13.1. The Hall–Kier alpha value is -0.560. The third kappa shape index (κ3) is 11.9. The van der Waals surface area contributed by atoms with Crippen LogP contribution in [0.25, 0.3) is 0 Å². The van der Waals surface area contributed by atoms with Crippen LogP contribution in [0.4, 0.5) is 0 Å². The molecule has 18 heavy (non-hydrogen) atoms. The van der Waals surface area contributed by atoms with Crippen molar-refractivity contribution in [3.63, 3.8) is 0 Å². The molecule has 1 aliphatic rings. The van der Waals surface area contributed by atoms with Crippen molar-refractivity contribution in [1.82, 2.24) is 15.5 Å². The van der Waals surface area contributed by atoms with Crippen molar-refractivity contribution >= 4 is 0 Å². The van der Waals surface area contributed by atoms with Crippen molar-refractivity contribution in [2.24, 2.45) is 0 Å². The van der Waals surface area contributed by atoms with E-state index in [2.05, 4.69) is 42.3 Å². The lowest BCUT2D eigenvalue weighted by Crippen LogP contribution is -2.57. The van der Waals surface area contributed by atoms with Gasteiger partial charge < -0.3 is 0 Å². The molecular weight excluding hydrogens is 222 g/mol. The topological polar surface area (TPSA) is 27.3 Å². The SMILES string of the molecule is C#CCCC.CC.CCCN(C)C1NCCCN1. The lowest BCUT2D eigenvalue weighted by Gasteiger charge is -2.32. The van der Waals surface area contributed by atoms with Gasteiger partial charge in [-0.2, -0.15) is 0 Å². The van der Waals surface area contributed by atoms with Gasteiger partial charge in [-0.1, -0.05) is 27.7 Å². The van der Waals surface area contributed by atoms with Crippen LogP contribution < -0.4 is 10.6 Å². The highest BCUT2D eigenvalue weighted by Gasteiger charge is 2.14. The fraction of sp³-hybridized carbons (Fsp3) is 0.867. The second kappa shape index (κ2) is 16.4. The molecule has 1 fully saturated rings. The normalized spacial score (nSPS) is 14.9. The van der Waals surface area contributed by atoms with Gasteiger partial charge in [0.25, 0.3) is 0 Å². The van der Waals surface area contributed by atoms with Crippen molar-refractivity contribution < 1.29 is 0 Å². The fourth-order valence-corrected chi connectivity index (χ4v) is 1.58. The molecule has 0 aromatic heterocycles.